The first-order valence-corrected chi connectivity index (χ1v) is 9.51. The van der Waals surface area contributed by atoms with Gasteiger partial charge in [-0.15, -0.1) is 0 Å². The van der Waals surface area contributed by atoms with Gasteiger partial charge in [-0.05, 0) is 52.6 Å². The first kappa shape index (κ1) is 19.8. The van der Waals surface area contributed by atoms with Crippen molar-refractivity contribution in [3.8, 4) is 0 Å². The molecule has 148 valence electrons. The van der Waals surface area contributed by atoms with Crippen LogP contribution in [-0.4, -0.2) is 80.6 Å². The summed E-state index contributed by atoms with van der Waals surface area (Å²) in [7, 11) is 6.27. The summed E-state index contributed by atoms with van der Waals surface area (Å²) in [5.74, 6) is -0.378. The number of ether oxygens (including phenoxy) is 1. The fourth-order valence-electron chi connectivity index (χ4n) is 3.87. The van der Waals surface area contributed by atoms with E-state index in [9.17, 15) is 9.59 Å². The fourth-order valence-corrected chi connectivity index (χ4v) is 3.87. The van der Waals surface area contributed by atoms with Gasteiger partial charge in [-0.1, -0.05) is 30.3 Å². The largest absolute Gasteiger partial charge is 0.356 e. The van der Waals surface area contributed by atoms with Crippen molar-refractivity contribution in [2.75, 3.05) is 47.4 Å². The Balaban J connectivity index is 1.69. The van der Waals surface area contributed by atoms with Crippen LogP contribution in [0.5, 0.6) is 0 Å². The number of likely N-dealkylation sites (tertiary alicyclic amines) is 1. The van der Waals surface area contributed by atoms with Gasteiger partial charge in [0, 0.05) is 12.1 Å². The van der Waals surface area contributed by atoms with E-state index in [0.717, 1.165) is 31.5 Å². The molecule has 27 heavy (non-hydrogen) atoms. The fraction of sp³-hybridized carbons (Fsp3) is 0.600. The van der Waals surface area contributed by atoms with Gasteiger partial charge in [-0.25, -0.2) is 0 Å². The second-order valence-electron chi connectivity index (χ2n) is 7.83. The monoisotopic (exact) mass is 374 g/mol. The summed E-state index contributed by atoms with van der Waals surface area (Å²) in [4.78, 5) is 29.3. The van der Waals surface area contributed by atoms with E-state index in [-0.39, 0.29) is 24.0 Å². The summed E-state index contributed by atoms with van der Waals surface area (Å²) in [5.41, 5.74) is 0.815. The van der Waals surface area contributed by atoms with Gasteiger partial charge in [0.15, 0.2) is 6.10 Å². The smallest absolute Gasteiger partial charge is 0.251 e. The van der Waals surface area contributed by atoms with Crippen molar-refractivity contribution in [2.45, 2.75) is 30.5 Å². The molecule has 1 aromatic carbocycles. The molecule has 2 heterocycles. The standard InChI is InChI=1S/C20H30N4O3/c1-23(2)20(9-11-24(3)12-10-20)14-21-19(26)18-17(22-16(25)13-27-18)15-7-5-4-6-8-15/h4-8,17-18H,9-14H2,1-3H3,(H,21,26)(H,22,25)/t17-,18+/m1/s1. The highest BCUT2D eigenvalue weighted by atomic mass is 16.5. The molecule has 0 spiro atoms. The molecule has 0 bridgehead atoms. The van der Waals surface area contributed by atoms with Crippen molar-refractivity contribution in [3.05, 3.63) is 35.9 Å². The number of likely N-dealkylation sites (N-methyl/N-ethyl adjacent to an activating group) is 1. The van der Waals surface area contributed by atoms with Crippen molar-refractivity contribution < 1.29 is 14.3 Å². The molecule has 2 aliphatic rings. The van der Waals surface area contributed by atoms with Crippen LogP contribution in [0.15, 0.2) is 30.3 Å². The minimum absolute atomic E-state index is 0.0532. The van der Waals surface area contributed by atoms with Gasteiger partial charge in [0.25, 0.3) is 5.91 Å². The van der Waals surface area contributed by atoms with E-state index in [1.807, 2.05) is 30.3 Å². The second kappa shape index (κ2) is 8.37. The predicted octanol–water partition coefficient (Wildman–Crippen LogP) is 0.385. The lowest BCUT2D eigenvalue weighted by molar-refractivity contribution is -0.148. The van der Waals surface area contributed by atoms with Crippen molar-refractivity contribution in [3.63, 3.8) is 0 Å². The maximum absolute atomic E-state index is 12.9. The highest BCUT2D eigenvalue weighted by Crippen LogP contribution is 2.27. The Morgan fingerprint density at radius 2 is 1.96 bits per heavy atom. The summed E-state index contributed by atoms with van der Waals surface area (Å²) in [5, 5.41) is 6.00. The van der Waals surface area contributed by atoms with Gasteiger partial charge in [0.1, 0.15) is 6.61 Å². The Morgan fingerprint density at radius 1 is 1.30 bits per heavy atom. The van der Waals surface area contributed by atoms with Gasteiger partial charge in [0.05, 0.1) is 6.04 Å². The molecule has 3 rings (SSSR count). The van der Waals surface area contributed by atoms with Crippen LogP contribution in [0.4, 0.5) is 0 Å². The summed E-state index contributed by atoms with van der Waals surface area (Å²) in [6.45, 7) is 2.50. The summed E-state index contributed by atoms with van der Waals surface area (Å²) >= 11 is 0. The van der Waals surface area contributed by atoms with Crippen LogP contribution in [0.3, 0.4) is 0 Å². The molecule has 2 amide bonds. The van der Waals surface area contributed by atoms with E-state index in [1.54, 1.807) is 0 Å². The number of rotatable bonds is 5. The molecule has 7 nitrogen and oxygen atoms in total. The first-order valence-electron chi connectivity index (χ1n) is 9.51. The molecule has 2 N–H and O–H groups in total. The normalized spacial score (nSPS) is 25.9. The average molecular weight is 374 g/mol. The topological polar surface area (TPSA) is 73.9 Å². The molecule has 2 atom stereocenters. The quantitative estimate of drug-likeness (QED) is 0.780. The number of nitrogens with zero attached hydrogens (tertiary/aromatic N) is 2. The molecular formula is C20H30N4O3. The number of hydrogen-bond acceptors (Lipinski definition) is 5. The van der Waals surface area contributed by atoms with E-state index in [4.69, 9.17) is 4.74 Å². The SMILES string of the molecule is CN1CCC(CNC(=O)[C@H]2OCC(=O)N[C@@H]2c2ccccc2)(N(C)C)CC1. The van der Waals surface area contributed by atoms with Crippen LogP contribution in [0.25, 0.3) is 0 Å². The summed E-state index contributed by atoms with van der Waals surface area (Å²) in [6.07, 6.45) is 1.28. The van der Waals surface area contributed by atoms with Crippen molar-refractivity contribution >= 4 is 11.8 Å². The van der Waals surface area contributed by atoms with Gasteiger partial charge >= 0.3 is 0 Å². The lowest BCUT2D eigenvalue weighted by atomic mass is 9.86. The minimum Gasteiger partial charge on any atom is -0.356 e. The Bertz CT molecular complexity index is 656. The number of carbonyl (C=O) groups is 2. The first-order chi connectivity index (χ1) is 12.9. The third-order valence-corrected chi connectivity index (χ3v) is 5.89. The second-order valence-corrected chi connectivity index (χ2v) is 7.83. The molecule has 7 heteroatoms. The van der Waals surface area contributed by atoms with Gasteiger partial charge in [-0.2, -0.15) is 0 Å². The summed E-state index contributed by atoms with van der Waals surface area (Å²) < 4.78 is 5.62. The number of benzene rings is 1. The van der Waals surface area contributed by atoms with E-state index >= 15 is 0 Å². The molecule has 1 aromatic rings. The Labute approximate surface area is 161 Å². The number of amides is 2. The maximum Gasteiger partial charge on any atom is 0.251 e. The van der Waals surface area contributed by atoms with Crippen LogP contribution < -0.4 is 10.6 Å². The number of piperidine rings is 1. The Hall–Kier alpha value is -1.96. The average Bonchev–Trinajstić information content (AvgIpc) is 2.68. The zero-order valence-corrected chi connectivity index (χ0v) is 16.4. The van der Waals surface area contributed by atoms with E-state index in [1.165, 1.54) is 0 Å². The number of nitrogens with one attached hydrogen (secondary N) is 2. The number of hydrogen-bond donors (Lipinski definition) is 2. The third kappa shape index (κ3) is 4.48. The van der Waals surface area contributed by atoms with Crippen LogP contribution in [0.1, 0.15) is 24.4 Å². The summed E-state index contributed by atoms with van der Waals surface area (Å²) in [6, 6.07) is 9.02. The van der Waals surface area contributed by atoms with Crippen molar-refractivity contribution in [2.24, 2.45) is 0 Å². The molecule has 2 fully saturated rings. The third-order valence-electron chi connectivity index (χ3n) is 5.89. The Kier molecular flexibility index (Phi) is 6.14. The molecular weight excluding hydrogens is 344 g/mol. The molecule has 0 unspecified atom stereocenters. The van der Waals surface area contributed by atoms with Gasteiger partial charge in [-0.3, -0.25) is 9.59 Å². The zero-order valence-electron chi connectivity index (χ0n) is 16.4. The minimum atomic E-state index is -0.726. The molecule has 0 saturated carbocycles. The lowest BCUT2D eigenvalue weighted by Crippen LogP contribution is -2.60. The maximum atomic E-state index is 12.9. The van der Waals surface area contributed by atoms with Crippen molar-refractivity contribution in [1.29, 1.82) is 0 Å². The van der Waals surface area contributed by atoms with E-state index in [0.29, 0.717) is 6.54 Å². The number of morpholine rings is 1. The molecule has 2 aliphatic heterocycles. The van der Waals surface area contributed by atoms with Crippen LogP contribution >= 0.6 is 0 Å². The molecule has 0 radical (unpaired) electrons. The van der Waals surface area contributed by atoms with E-state index < -0.39 is 12.1 Å². The number of carbonyl (C=O) groups excluding carboxylic acids is 2. The Morgan fingerprint density at radius 3 is 2.59 bits per heavy atom. The zero-order chi connectivity index (χ0) is 19.4. The van der Waals surface area contributed by atoms with Crippen LogP contribution in [-0.2, 0) is 14.3 Å². The van der Waals surface area contributed by atoms with Gasteiger partial charge in [0.2, 0.25) is 5.91 Å². The molecule has 0 aromatic heterocycles. The molecule has 0 aliphatic carbocycles. The van der Waals surface area contributed by atoms with E-state index in [2.05, 4.69) is 41.6 Å². The van der Waals surface area contributed by atoms with Crippen molar-refractivity contribution in [1.82, 2.24) is 20.4 Å². The van der Waals surface area contributed by atoms with Crippen LogP contribution in [0.2, 0.25) is 0 Å². The van der Waals surface area contributed by atoms with Gasteiger partial charge < -0.3 is 25.2 Å². The highest BCUT2D eigenvalue weighted by Gasteiger charge is 2.39. The van der Waals surface area contributed by atoms with Crippen LogP contribution in [0, 0.1) is 0 Å². The lowest BCUT2D eigenvalue weighted by Gasteiger charge is -2.45. The predicted molar refractivity (Wildman–Crippen MR) is 103 cm³/mol. The highest BCUT2D eigenvalue weighted by molar-refractivity contribution is 5.86. The molecule has 2 saturated heterocycles.